The summed E-state index contributed by atoms with van der Waals surface area (Å²) in [7, 11) is 1.61. The molecule has 30 heavy (non-hydrogen) atoms. The second kappa shape index (κ2) is 10.9. The molecule has 0 saturated carbocycles. The Bertz CT molecular complexity index is 859. The number of benzene rings is 1. The molecule has 0 aliphatic carbocycles. The van der Waals surface area contributed by atoms with E-state index in [-0.39, 0.29) is 18.4 Å². The van der Waals surface area contributed by atoms with Crippen LogP contribution in [-0.4, -0.2) is 53.9 Å². The lowest BCUT2D eigenvalue weighted by Crippen LogP contribution is -2.49. The lowest BCUT2D eigenvalue weighted by Gasteiger charge is -2.36. The van der Waals surface area contributed by atoms with E-state index in [2.05, 4.69) is 23.8 Å². The molecule has 2 heterocycles. The van der Waals surface area contributed by atoms with Gasteiger partial charge in [0, 0.05) is 37.9 Å². The molecule has 1 aromatic heterocycles. The van der Waals surface area contributed by atoms with Crippen LogP contribution < -0.4 is 9.64 Å². The normalized spacial score (nSPS) is 13.9. The molecule has 1 amide bonds. The Hall–Kier alpha value is -1.92. The molecule has 2 aromatic rings. The van der Waals surface area contributed by atoms with Gasteiger partial charge in [0.15, 0.2) is 0 Å². The van der Waals surface area contributed by atoms with Gasteiger partial charge in [-0.05, 0) is 25.0 Å². The minimum atomic E-state index is 0.0643. The Morgan fingerprint density at radius 2 is 1.80 bits per heavy atom. The molecule has 1 aromatic carbocycles. The van der Waals surface area contributed by atoms with Crippen molar-refractivity contribution in [2.24, 2.45) is 0 Å². The molecule has 3 rings (SSSR count). The summed E-state index contributed by atoms with van der Waals surface area (Å²) in [6, 6.07) is 5.75. The van der Waals surface area contributed by atoms with Crippen molar-refractivity contribution in [2.75, 3.05) is 38.2 Å². The number of piperazine rings is 1. The molecular formula is C22H32Cl2N4O2. The number of nitrogens with zero attached hydrogens (tertiary/aromatic N) is 4. The second-order valence-corrected chi connectivity index (χ2v) is 8.07. The van der Waals surface area contributed by atoms with Gasteiger partial charge in [-0.1, -0.05) is 50.9 Å². The van der Waals surface area contributed by atoms with Gasteiger partial charge in [0.1, 0.15) is 12.3 Å². The van der Waals surface area contributed by atoms with Gasteiger partial charge in [-0.25, -0.2) is 0 Å². The number of hydrogen-bond donors (Lipinski definition) is 0. The molecule has 1 aliphatic heterocycles. The number of rotatable bonds is 5. The van der Waals surface area contributed by atoms with Gasteiger partial charge in [0.05, 0.1) is 28.5 Å². The molecule has 0 bridgehead atoms. The molecule has 1 saturated heterocycles. The number of amides is 1. The van der Waals surface area contributed by atoms with Crippen LogP contribution in [0.5, 0.6) is 5.75 Å². The molecule has 166 valence electrons. The summed E-state index contributed by atoms with van der Waals surface area (Å²) < 4.78 is 7.05. The first kappa shape index (κ1) is 24.4. The fraction of sp³-hybridized carbons (Fsp3) is 0.545. The van der Waals surface area contributed by atoms with E-state index >= 15 is 0 Å². The highest BCUT2D eigenvalue weighted by atomic mass is 35.5. The third kappa shape index (κ3) is 5.41. The standard InChI is InChI=1S/C20H26Cl2N4O2.C2H6/c1-13(2)20-19(22)14(3)23-26(20)12-18(27)25-9-7-24(8-10-25)15-5-6-16(21)17(11-15)28-4;1-2/h5-6,11,13H,7-10,12H2,1-4H3;1-2H3. The number of aryl methyl sites for hydroxylation is 1. The third-order valence-corrected chi connectivity index (χ3v) is 5.83. The predicted octanol–water partition coefficient (Wildman–Crippen LogP) is 5.01. The van der Waals surface area contributed by atoms with Gasteiger partial charge in [-0.3, -0.25) is 9.48 Å². The smallest absolute Gasteiger partial charge is 0.244 e. The van der Waals surface area contributed by atoms with Gasteiger partial charge in [-0.2, -0.15) is 5.10 Å². The van der Waals surface area contributed by atoms with Crippen molar-refractivity contribution in [2.45, 2.75) is 47.1 Å². The van der Waals surface area contributed by atoms with Crippen LogP contribution in [0.4, 0.5) is 5.69 Å². The minimum Gasteiger partial charge on any atom is -0.495 e. The van der Waals surface area contributed by atoms with Gasteiger partial charge >= 0.3 is 0 Å². The number of carbonyl (C=O) groups excluding carboxylic acids is 1. The second-order valence-electron chi connectivity index (χ2n) is 7.28. The Morgan fingerprint density at radius 3 is 2.37 bits per heavy atom. The Balaban J connectivity index is 0.00000155. The molecule has 8 heteroatoms. The van der Waals surface area contributed by atoms with E-state index in [1.54, 1.807) is 11.8 Å². The largest absolute Gasteiger partial charge is 0.495 e. The number of methoxy groups -OCH3 is 1. The van der Waals surface area contributed by atoms with E-state index in [1.807, 2.05) is 43.9 Å². The predicted molar refractivity (Wildman–Crippen MR) is 124 cm³/mol. The van der Waals surface area contributed by atoms with Crippen LogP contribution in [0, 0.1) is 6.92 Å². The fourth-order valence-electron chi connectivity index (χ4n) is 3.54. The Labute approximate surface area is 189 Å². The summed E-state index contributed by atoms with van der Waals surface area (Å²) in [6.07, 6.45) is 0. The minimum absolute atomic E-state index is 0.0643. The van der Waals surface area contributed by atoms with Crippen molar-refractivity contribution >= 4 is 34.8 Å². The number of halogens is 2. The Morgan fingerprint density at radius 1 is 1.17 bits per heavy atom. The van der Waals surface area contributed by atoms with E-state index in [9.17, 15) is 4.79 Å². The van der Waals surface area contributed by atoms with Gasteiger partial charge < -0.3 is 14.5 Å². The van der Waals surface area contributed by atoms with E-state index < -0.39 is 0 Å². The average Bonchev–Trinajstić information content (AvgIpc) is 3.03. The molecule has 0 radical (unpaired) electrons. The molecule has 6 nitrogen and oxygen atoms in total. The molecule has 1 aliphatic rings. The zero-order valence-corrected chi connectivity index (χ0v) is 20.2. The van der Waals surface area contributed by atoms with Crippen molar-refractivity contribution in [3.8, 4) is 5.75 Å². The maximum absolute atomic E-state index is 12.8. The maximum atomic E-state index is 12.8. The molecular weight excluding hydrogens is 423 g/mol. The SMILES string of the molecule is CC.COc1cc(N2CCN(C(=O)Cn3nc(C)c(Cl)c3C(C)C)CC2)ccc1Cl. The quantitative estimate of drug-likeness (QED) is 0.637. The number of carbonyl (C=O) groups is 1. The van der Waals surface area contributed by atoms with Crippen LogP contribution in [0.15, 0.2) is 18.2 Å². The average molecular weight is 455 g/mol. The summed E-state index contributed by atoms with van der Waals surface area (Å²) in [5, 5.41) is 5.71. The summed E-state index contributed by atoms with van der Waals surface area (Å²) in [6.45, 7) is 13.0. The molecule has 0 spiro atoms. The van der Waals surface area contributed by atoms with Crippen LogP contribution >= 0.6 is 23.2 Å². The van der Waals surface area contributed by atoms with Crippen molar-refractivity contribution in [1.29, 1.82) is 0 Å². The summed E-state index contributed by atoms with van der Waals surface area (Å²) in [4.78, 5) is 16.9. The number of hydrogen-bond acceptors (Lipinski definition) is 4. The summed E-state index contributed by atoms with van der Waals surface area (Å²) in [5.41, 5.74) is 2.73. The lowest BCUT2D eigenvalue weighted by molar-refractivity contribution is -0.132. The van der Waals surface area contributed by atoms with E-state index in [4.69, 9.17) is 27.9 Å². The van der Waals surface area contributed by atoms with Crippen molar-refractivity contribution in [3.63, 3.8) is 0 Å². The fourth-order valence-corrected chi connectivity index (χ4v) is 4.09. The maximum Gasteiger partial charge on any atom is 0.244 e. The zero-order chi connectivity index (χ0) is 22.4. The number of ether oxygens (including phenoxy) is 1. The van der Waals surface area contributed by atoms with Crippen LogP contribution in [0.3, 0.4) is 0 Å². The summed E-state index contributed by atoms with van der Waals surface area (Å²) >= 11 is 12.5. The van der Waals surface area contributed by atoms with Crippen LogP contribution in [0.1, 0.15) is 45.0 Å². The highest BCUT2D eigenvalue weighted by Gasteiger charge is 2.24. The lowest BCUT2D eigenvalue weighted by atomic mass is 10.1. The first-order valence-electron chi connectivity index (χ1n) is 10.4. The summed E-state index contributed by atoms with van der Waals surface area (Å²) in [5.74, 6) is 0.928. The number of aromatic nitrogens is 2. The number of anilines is 1. The van der Waals surface area contributed by atoms with E-state index in [1.165, 1.54) is 0 Å². The molecule has 1 fully saturated rings. The van der Waals surface area contributed by atoms with E-state index in [0.29, 0.717) is 28.9 Å². The molecule has 0 atom stereocenters. The van der Waals surface area contributed by atoms with Crippen molar-refractivity contribution < 1.29 is 9.53 Å². The van der Waals surface area contributed by atoms with E-state index in [0.717, 1.165) is 30.2 Å². The van der Waals surface area contributed by atoms with Crippen LogP contribution in [-0.2, 0) is 11.3 Å². The highest BCUT2D eigenvalue weighted by Crippen LogP contribution is 2.30. The third-order valence-electron chi connectivity index (χ3n) is 5.06. The van der Waals surface area contributed by atoms with Crippen LogP contribution in [0.2, 0.25) is 10.0 Å². The van der Waals surface area contributed by atoms with Crippen molar-refractivity contribution in [1.82, 2.24) is 14.7 Å². The van der Waals surface area contributed by atoms with Gasteiger partial charge in [0.2, 0.25) is 5.91 Å². The van der Waals surface area contributed by atoms with Crippen LogP contribution in [0.25, 0.3) is 0 Å². The first-order chi connectivity index (χ1) is 14.3. The van der Waals surface area contributed by atoms with Gasteiger partial charge in [0.25, 0.3) is 0 Å². The molecule has 0 unspecified atom stereocenters. The highest BCUT2D eigenvalue weighted by molar-refractivity contribution is 6.32. The topological polar surface area (TPSA) is 50.6 Å². The van der Waals surface area contributed by atoms with Crippen molar-refractivity contribution in [3.05, 3.63) is 39.6 Å². The molecule has 0 N–H and O–H groups in total. The first-order valence-corrected chi connectivity index (χ1v) is 11.2. The monoisotopic (exact) mass is 454 g/mol. The van der Waals surface area contributed by atoms with Gasteiger partial charge in [-0.15, -0.1) is 0 Å². The zero-order valence-electron chi connectivity index (χ0n) is 18.7. The Kier molecular flexibility index (Phi) is 8.86.